The molecule has 2 aliphatic rings. The maximum atomic E-state index is 6.60. The van der Waals surface area contributed by atoms with E-state index < -0.39 is 0 Å². The number of rotatable bonds is 6. The molecule has 1 aromatic heterocycles. The topological polar surface area (TPSA) is 46.9 Å². The second-order valence-corrected chi connectivity index (χ2v) is 17.0. The van der Waals surface area contributed by atoms with Gasteiger partial charge in [-0.15, -0.1) is 0 Å². The van der Waals surface area contributed by atoms with E-state index in [2.05, 4.69) is 187 Å². The first-order valence-electron chi connectivity index (χ1n) is 22.1. The summed E-state index contributed by atoms with van der Waals surface area (Å²) >= 11 is 0. The predicted molar refractivity (Wildman–Crippen MR) is 270 cm³/mol. The minimum absolute atomic E-state index is 0.663. The van der Waals surface area contributed by atoms with Crippen LogP contribution < -0.4 is 30.6 Å². The number of nitrogens with zero attached hydrogens (tertiary/aromatic N) is 1. The summed E-state index contributed by atoms with van der Waals surface area (Å²) in [6, 6.07) is 73.0. The molecule has 0 radical (unpaired) electrons. The number of aryl methyl sites for hydroxylation is 1. The van der Waals surface area contributed by atoms with Crippen LogP contribution in [0.4, 0.5) is 28.4 Å². The highest BCUT2D eigenvalue weighted by Crippen LogP contribution is 2.50. The molecule has 306 valence electrons. The van der Waals surface area contributed by atoms with Crippen LogP contribution in [-0.4, -0.2) is 7.28 Å². The van der Waals surface area contributed by atoms with Gasteiger partial charge in [-0.3, -0.25) is 0 Å². The van der Waals surface area contributed by atoms with Crippen LogP contribution in [0.3, 0.4) is 0 Å². The monoisotopic (exact) mass is 834 g/mol. The summed E-state index contributed by atoms with van der Waals surface area (Å²) in [6.45, 7) is 2.22. The van der Waals surface area contributed by atoms with Gasteiger partial charge in [0.2, 0.25) is 0 Å². The Kier molecular flexibility index (Phi) is 8.46. The van der Waals surface area contributed by atoms with Gasteiger partial charge >= 0.3 is 0 Å². The van der Waals surface area contributed by atoms with Gasteiger partial charge in [0.15, 0.2) is 35.9 Å². The number of nitrogens with one attached hydrogen (secondary N) is 1. The Morgan fingerprint density at radius 1 is 0.431 bits per heavy atom. The molecule has 10 aromatic carbocycles. The van der Waals surface area contributed by atoms with E-state index in [0.717, 1.165) is 94.4 Å². The van der Waals surface area contributed by atoms with Gasteiger partial charge in [-0.05, 0) is 123 Å². The van der Waals surface area contributed by atoms with Gasteiger partial charge in [0.1, 0.15) is 5.58 Å². The van der Waals surface area contributed by atoms with Crippen LogP contribution in [0.15, 0.2) is 211 Å². The van der Waals surface area contributed by atoms with Gasteiger partial charge in [-0.1, -0.05) is 139 Å². The number of para-hydroxylation sites is 4. The summed E-state index contributed by atoms with van der Waals surface area (Å²) in [5.74, 6) is 2.81. The summed E-state index contributed by atoms with van der Waals surface area (Å²) in [5, 5.41) is 8.42. The molecule has 5 nitrogen and oxygen atoms in total. The number of hydrogen-bond donors (Lipinski definition) is 1. The lowest BCUT2D eigenvalue weighted by molar-refractivity contribution is 0.360. The molecule has 3 heterocycles. The molecule has 0 atom stereocenters. The predicted octanol–water partition coefficient (Wildman–Crippen LogP) is 14.9. The zero-order chi connectivity index (χ0) is 43.0. The molecule has 6 heteroatoms. The first kappa shape index (κ1) is 37.1. The molecule has 0 unspecified atom stereocenters. The fourth-order valence-electron chi connectivity index (χ4n) is 9.89. The van der Waals surface area contributed by atoms with Crippen molar-refractivity contribution < 1.29 is 13.9 Å². The molecule has 0 fully saturated rings. The number of furan rings is 1. The lowest BCUT2D eigenvalue weighted by Gasteiger charge is -2.37. The normalized spacial score (nSPS) is 12.4. The Morgan fingerprint density at radius 2 is 1.09 bits per heavy atom. The Balaban J connectivity index is 1.07. The van der Waals surface area contributed by atoms with Gasteiger partial charge in [0.25, 0.3) is 0 Å². The van der Waals surface area contributed by atoms with Gasteiger partial charge in [0, 0.05) is 45.2 Å². The van der Waals surface area contributed by atoms with Crippen LogP contribution in [0.25, 0.3) is 66.1 Å². The Labute approximate surface area is 377 Å². The van der Waals surface area contributed by atoms with E-state index >= 15 is 0 Å². The zero-order valence-corrected chi connectivity index (χ0v) is 35.5. The van der Waals surface area contributed by atoms with Crippen molar-refractivity contribution >= 4 is 79.4 Å². The highest BCUT2D eigenvalue weighted by atomic mass is 16.6. The number of fused-ring (bicyclic) bond motifs is 8. The summed E-state index contributed by atoms with van der Waals surface area (Å²) < 4.78 is 19.8. The fraction of sp³-hybridized carbons (Fsp3) is 0.0169. The summed E-state index contributed by atoms with van der Waals surface area (Å²) in [4.78, 5) is 2.45. The van der Waals surface area contributed by atoms with Crippen LogP contribution in [0.5, 0.6) is 23.0 Å². The minimum atomic E-state index is 0.663. The molecular formula is C59H39BN2O3. The van der Waals surface area contributed by atoms with Crippen LogP contribution in [-0.2, 0) is 0 Å². The molecule has 0 amide bonds. The summed E-state index contributed by atoms with van der Waals surface area (Å²) in [5.41, 5.74) is 17.2. The van der Waals surface area contributed by atoms with Gasteiger partial charge in [0.05, 0.1) is 5.69 Å². The third kappa shape index (κ3) is 6.25. The van der Waals surface area contributed by atoms with Crippen molar-refractivity contribution in [2.24, 2.45) is 0 Å². The quantitative estimate of drug-likeness (QED) is 0.169. The number of ether oxygens (including phenoxy) is 2. The minimum Gasteiger partial charge on any atom is -0.454 e. The van der Waals surface area contributed by atoms with E-state index in [0.29, 0.717) is 30.3 Å². The van der Waals surface area contributed by atoms with E-state index in [1.165, 1.54) is 16.6 Å². The Hall–Kier alpha value is -8.48. The fourth-order valence-corrected chi connectivity index (χ4v) is 9.89. The lowest BCUT2D eigenvalue weighted by Crippen LogP contribution is -2.41. The van der Waals surface area contributed by atoms with E-state index in [1.54, 1.807) is 0 Å². The highest BCUT2D eigenvalue weighted by molar-refractivity contribution is 6.73. The van der Waals surface area contributed by atoms with Crippen molar-refractivity contribution in [1.82, 2.24) is 0 Å². The van der Waals surface area contributed by atoms with E-state index in [9.17, 15) is 0 Å². The molecule has 11 aromatic rings. The second kappa shape index (κ2) is 14.8. The van der Waals surface area contributed by atoms with Crippen LogP contribution in [0.2, 0.25) is 0 Å². The Bertz CT molecular complexity index is 3690. The number of hydrogen-bond acceptors (Lipinski definition) is 5. The van der Waals surface area contributed by atoms with Crippen molar-refractivity contribution in [3.63, 3.8) is 0 Å². The third-order valence-electron chi connectivity index (χ3n) is 13.0. The van der Waals surface area contributed by atoms with Crippen molar-refractivity contribution in [2.75, 3.05) is 10.2 Å². The van der Waals surface area contributed by atoms with Gasteiger partial charge < -0.3 is 24.1 Å². The maximum Gasteiger partial charge on any atom is 0.198 e. The smallest absolute Gasteiger partial charge is 0.198 e. The lowest BCUT2D eigenvalue weighted by atomic mass is 9.57. The highest BCUT2D eigenvalue weighted by Gasteiger charge is 2.33. The molecule has 13 rings (SSSR count). The first-order valence-corrected chi connectivity index (χ1v) is 22.1. The molecule has 0 aliphatic carbocycles. The SMILES string of the molecule is Cc1cc(-c2ccccc2)ccc1N1c2cc3c(cc2Bc2c(-c4cc5ccccc5cc4Nc4cccc5c4oc4ccccc45)cc(-c4ccccc4)cc21)Oc1ccccc1O3. The summed E-state index contributed by atoms with van der Waals surface area (Å²) in [7, 11) is 0.663. The maximum absolute atomic E-state index is 6.60. The molecular weight excluding hydrogens is 795 g/mol. The molecule has 65 heavy (non-hydrogen) atoms. The van der Waals surface area contributed by atoms with Crippen molar-refractivity contribution in [3.8, 4) is 56.4 Å². The molecule has 0 bridgehead atoms. The molecule has 0 saturated heterocycles. The van der Waals surface area contributed by atoms with Crippen LogP contribution in [0.1, 0.15) is 5.56 Å². The molecule has 0 saturated carbocycles. The molecule has 0 spiro atoms. The van der Waals surface area contributed by atoms with Crippen molar-refractivity contribution in [3.05, 3.63) is 212 Å². The first-order chi connectivity index (χ1) is 32.1. The summed E-state index contributed by atoms with van der Waals surface area (Å²) in [6.07, 6.45) is 0. The second-order valence-electron chi connectivity index (χ2n) is 17.0. The third-order valence-corrected chi connectivity index (χ3v) is 13.0. The average Bonchev–Trinajstić information content (AvgIpc) is 3.74. The van der Waals surface area contributed by atoms with Crippen LogP contribution in [0, 0.1) is 6.92 Å². The zero-order valence-electron chi connectivity index (χ0n) is 35.5. The number of anilines is 5. The van der Waals surface area contributed by atoms with Gasteiger partial charge in [-0.25, -0.2) is 0 Å². The van der Waals surface area contributed by atoms with E-state index in [1.807, 2.05) is 36.4 Å². The largest absolute Gasteiger partial charge is 0.454 e. The van der Waals surface area contributed by atoms with Crippen molar-refractivity contribution in [2.45, 2.75) is 6.92 Å². The van der Waals surface area contributed by atoms with E-state index in [-0.39, 0.29) is 0 Å². The van der Waals surface area contributed by atoms with Gasteiger partial charge in [-0.2, -0.15) is 0 Å². The van der Waals surface area contributed by atoms with Crippen molar-refractivity contribution in [1.29, 1.82) is 0 Å². The molecule has 1 N–H and O–H groups in total. The number of benzene rings is 10. The van der Waals surface area contributed by atoms with E-state index in [4.69, 9.17) is 13.9 Å². The molecule has 2 aliphatic heterocycles. The van der Waals surface area contributed by atoms with Crippen LogP contribution >= 0.6 is 0 Å². The average molecular weight is 835 g/mol. The Morgan fingerprint density at radius 3 is 1.86 bits per heavy atom. The standard InChI is InChI=1S/C59H39BN2O3/c1-36-29-41(37-15-4-2-5-16-37)27-28-50(36)62-51-35-57-56(63-54-25-12-13-26-55(54)64-57)34-47(51)60-58-46(31-42(33-52(58)62)38-17-6-3-7-18-38)45-30-39-19-8-9-20-40(39)32-49(45)61-48-23-14-22-44-43-21-10-11-24-53(43)65-59(44)48/h2-35,60-61H,1H3.